The molecule has 0 atom stereocenters. The summed E-state index contributed by atoms with van der Waals surface area (Å²) in [4.78, 5) is 0. The number of nitrogens with two attached hydrogens (primary N) is 1. The first-order chi connectivity index (χ1) is 7.70. The van der Waals surface area contributed by atoms with Crippen LogP contribution in [0.5, 0.6) is 0 Å². The summed E-state index contributed by atoms with van der Waals surface area (Å²) in [7, 11) is 0. The molecule has 0 aliphatic carbocycles. The van der Waals surface area contributed by atoms with Crippen molar-refractivity contribution in [1.82, 2.24) is 0 Å². The summed E-state index contributed by atoms with van der Waals surface area (Å²) >= 11 is 5.95. The quantitative estimate of drug-likeness (QED) is 0.837. The Labute approximate surface area is 101 Å². The summed E-state index contributed by atoms with van der Waals surface area (Å²) in [6, 6.07) is 14.3. The Balaban J connectivity index is 2.51. The van der Waals surface area contributed by atoms with Crippen molar-refractivity contribution in [1.29, 1.82) is 0 Å². The van der Waals surface area contributed by atoms with E-state index in [2.05, 4.69) is 31.2 Å². The van der Waals surface area contributed by atoms with Crippen molar-refractivity contribution in [2.75, 3.05) is 0 Å². The molecule has 0 fully saturated rings. The first-order valence-corrected chi connectivity index (χ1v) is 5.64. The zero-order valence-corrected chi connectivity index (χ0v) is 9.96. The predicted molar refractivity (Wildman–Crippen MR) is 69.5 cm³/mol. The van der Waals surface area contributed by atoms with Gasteiger partial charge in [0.25, 0.3) is 0 Å². The van der Waals surface area contributed by atoms with Crippen molar-refractivity contribution in [3.63, 3.8) is 0 Å². The average molecular weight is 232 g/mol. The lowest BCUT2D eigenvalue weighted by Gasteiger charge is -2.08. The summed E-state index contributed by atoms with van der Waals surface area (Å²) in [6.45, 7) is 2.58. The SMILES string of the molecule is Cc1ccc(-c2ccc(Cl)cc2CN)cc1. The van der Waals surface area contributed by atoms with Crippen LogP contribution in [0, 0.1) is 6.92 Å². The molecular formula is C14H14ClN. The summed E-state index contributed by atoms with van der Waals surface area (Å²) < 4.78 is 0. The van der Waals surface area contributed by atoms with Crippen LogP contribution in [0.1, 0.15) is 11.1 Å². The van der Waals surface area contributed by atoms with E-state index in [1.807, 2.05) is 18.2 Å². The fraction of sp³-hybridized carbons (Fsp3) is 0.143. The molecule has 0 aliphatic rings. The summed E-state index contributed by atoms with van der Waals surface area (Å²) in [5, 5.41) is 0.733. The highest BCUT2D eigenvalue weighted by atomic mass is 35.5. The molecule has 2 aromatic rings. The van der Waals surface area contributed by atoms with Gasteiger partial charge in [-0.05, 0) is 35.7 Å². The Morgan fingerprint density at radius 2 is 1.75 bits per heavy atom. The maximum absolute atomic E-state index is 5.95. The van der Waals surface area contributed by atoms with Crippen LogP contribution in [0.3, 0.4) is 0 Å². The molecule has 2 rings (SSSR count). The minimum Gasteiger partial charge on any atom is -0.326 e. The lowest BCUT2D eigenvalue weighted by Crippen LogP contribution is -1.98. The van der Waals surface area contributed by atoms with Gasteiger partial charge in [0.1, 0.15) is 0 Å². The second-order valence-electron chi connectivity index (χ2n) is 3.87. The highest BCUT2D eigenvalue weighted by Crippen LogP contribution is 2.26. The van der Waals surface area contributed by atoms with Gasteiger partial charge in [-0.1, -0.05) is 47.5 Å². The molecule has 2 N–H and O–H groups in total. The maximum atomic E-state index is 5.95. The predicted octanol–water partition coefficient (Wildman–Crippen LogP) is 3.77. The van der Waals surface area contributed by atoms with Gasteiger partial charge in [-0.2, -0.15) is 0 Å². The minimum absolute atomic E-state index is 0.504. The van der Waals surface area contributed by atoms with E-state index in [0.29, 0.717) is 6.54 Å². The standard InChI is InChI=1S/C14H14ClN/c1-10-2-4-11(5-3-10)14-7-6-13(15)8-12(14)9-16/h2-8H,9,16H2,1H3. The first kappa shape index (κ1) is 11.2. The molecular weight excluding hydrogens is 218 g/mol. The molecule has 0 bridgehead atoms. The van der Waals surface area contributed by atoms with Crippen molar-refractivity contribution < 1.29 is 0 Å². The van der Waals surface area contributed by atoms with Crippen molar-refractivity contribution in [2.24, 2.45) is 5.73 Å². The second kappa shape index (κ2) is 4.69. The number of rotatable bonds is 2. The van der Waals surface area contributed by atoms with Crippen molar-refractivity contribution in [2.45, 2.75) is 13.5 Å². The van der Waals surface area contributed by atoms with Crippen molar-refractivity contribution in [3.8, 4) is 11.1 Å². The normalized spacial score (nSPS) is 10.4. The highest BCUT2D eigenvalue weighted by Gasteiger charge is 2.04. The molecule has 1 nitrogen and oxygen atoms in total. The van der Waals surface area contributed by atoms with E-state index in [9.17, 15) is 0 Å². The number of hydrogen-bond donors (Lipinski definition) is 1. The van der Waals surface area contributed by atoms with Crippen LogP contribution in [0.4, 0.5) is 0 Å². The van der Waals surface area contributed by atoms with Crippen LogP contribution >= 0.6 is 11.6 Å². The van der Waals surface area contributed by atoms with Gasteiger partial charge in [-0.15, -0.1) is 0 Å². The highest BCUT2D eigenvalue weighted by molar-refractivity contribution is 6.30. The van der Waals surface area contributed by atoms with Crippen LogP contribution in [-0.4, -0.2) is 0 Å². The van der Waals surface area contributed by atoms with Crippen LogP contribution in [-0.2, 0) is 6.54 Å². The summed E-state index contributed by atoms with van der Waals surface area (Å²) in [6.07, 6.45) is 0. The molecule has 16 heavy (non-hydrogen) atoms. The smallest absolute Gasteiger partial charge is 0.0409 e. The van der Waals surface area contributed by atoms with Gasteiger partial charge in [0.05, 0.1) is 0 Å². The largest absolute Gasteiger partial charge is 0.326 e. The Bertz CT molecular complexity index is 489. The topological polar surface area (TPSA) is 26.0 Å². The molecule has 0 amide bonds. The molecule has 0 aromatic heterocycles. The van der Waals surface area contributed by atoms with Crippen LogP contribution in [0.15, 0.2) is 42.5 Å². The van der Waals surface area contributed by atoms with Gasteiger partial charge >= 0.3 is 0 Å². The maximum Gasteiger partial charge on any atom is 0.0409 e. The summed E-state index contributed by atoms with van der Waals surface area (Å²) in [5.74, 6) is 0. The van der Waals surface area contributed by atoms with Gasteiger partial charge in [0.15, 0.2) is 0 Å². The van der Waals surface area contributed by atoms with E-state index < -0.39 is 0 Å². The monoisotopic (exact) mass is 231 g/mol. The number of aryl methyl sites for hydroxylation is 1. The molecule has 0 heterocycles. The molecule has 82 valence electrons. The van der Waals surface area contributed by atoms with E-state index >= 15 is 0 Å². The molecule has 2 aromatic carbocycles. The molecule has 0 radical (unpaired) electrons. The summed E-state index contributed by atoms with van der Waals surface area (Å²) in [5.41, 5.74) is 10.4. The third-order valence-corrected chi connectivity index (χ3v) is 2.88. The molecule has 2 heteroatoms. The van der Waals surface area contributed by atoms with Crippen molar-refractivity contribution in [3.05, 3.63) is 58.6 Å². The van der Waals surface area contributed by atoms with Gasteiger partial charge in [0, 0.05) is 11.6 Å². The molecule has 0 spiro atoms. The molecule has 0 saturated heterocycles. The number of benzene rings is 2. The zero-order chi connectivity index (χ0) is 11.5. The molecule has 0 saturated carbocycles. The van der Waals surface area contributed by atoms with Gasteiger partial charge in [0.2, 0.25) is 0 Å². The average Bonchev–Trinajstić information content (AvgIpc) is 2.30. The van der Waals surface area contributed by atoms with Crippen LogP contribution in [0.25, 0.3) is 11.1 Å². The molecule has 0 unspecified atom stereocenters. The van der Waals surface area contributed by atoms with Gasteiger partial charge < -0.3 is 5.73 Å². The lowest BCUT2D eigenvalue weighted by molar-refractivity contribution is 1.07. The Hall–Kier alpha value is -1.31. The van der Waals surface area contributed by atoms with Gasteiger partial charge in [-0.25, -0.2) is 0 Å². The number of hydrogen-bond acceptors (Lipinski definition) is 1. The Kier molecular flexibility index (Phi) is 3.28. The van der Waals surface area contributed by atoms with Crippen LogP contribution < -0.4 is 5.73 Å². The second-order valence-corrected chi connectivity index (χ2v) is 4.31. The minimum atomic E-state index is 0.504. The third-order valence-electron chi connectivity index (χ3n) is 2.65. The van der Waals surface area contributed by atoms with E-state index in [1.165, 1.54) is 11.1 Å². The van der Waals surface area contributed by atoms with E-state index in [0.717, 1.165) is 16.1 Å². The first-order valence-electron chi connectivity index (χ1n) is 5.26. The fourth-order valence-corrected chi connectivity index (χ4v) is 1.94. The fourth-order valence-electron chi connectivity index (χ4n) is 1.75. The zero-order valence-electron chi connectivity index (χ0n) is 9.20. The van der Waals surface area contributed by atoms with Crippen molar-refractivity contribution >= 4 is 11.6 Å². The van der Waals surface area contributed by atoms with Gasteiger partial charge in [-0.3, -0.25) is 0 Å². The van der Waals surface area contributed by atoms with E-state index in [-0.39, 0.29) is 0 Å². The Morgan fingerprint density at radius 3 is 2.38 bits per heavy atom. The van der Waals surface area contributed by atoms with E-state index in [4.69, 9.17) is 17.3 Å². The number of halogens is 1. The van der Waals surface area contributed by atoms with Crippen LogP contribution in [0.2, 0.25) is 5.02 Å². The van der Waals surface area contributed by atoms with E-state index in [1.54, 1.807) is 0 Å². The lowest BCUT2D eigenvalue weighted by atomic mass is 9.99. The third kappa shape index (κ3) is 2.26. The molecule has 0 aliphatic heterocycles. The Morgan fingerprint density at radius 1 is 1.06 bits per heavy atom.